The summed E-state index contributed by atoms with van der Waals surface area (Å²) < 4.78 is 3.84. The highest BCUT2D eigenvalue weighted by Gasteiger charge is 2.00. The Kier molecular flexibility index (Phi) is 0.308. The zero-order chi connectivity index (χ0) is 2.99. The number of hydrogen-bond donors (Lipinski definition) is 0. The zero-order valence-corrected chi connectivity index (χ0v) is 3.37. The van der Waals surface area contributed by atoms with Crippen molar-refractivity contribution in [2.45, 2.75) is 0 Å². The minimum Gasteiger partial charge on any atom is -0.262 e. The molecule has 0 saturated carbocycles. The van der Waals surface area contributed by atoms with Gasteiger partial charge in [0.2, 0.25) is 0 Å². The Morgan fingerprint density at radius 3 is 2.25 bits per heavy atom. The molecule has 0 amide bonds. The van der Waals surface area contributed by atoms with Crippen LogP contribution in [0.4, 0.5) is 0 Å². The molecule has 0 aromatic carbocycles. The maximum absolute atomic E-state index is 3.84. The third-order valence-corrected chi connectivity index (χ3v) is 1.04. The molecule has 1 rings (SSSR count). The van der Waals surface area contributed by atoms with Gasteiger partial charge in [0.05, 0.1) is 8.07 Å². The van der Waals surface area contributed by atoms with E-state index in [4.69, 9.17) is 0 Å². The fourth-order valence-corrected chi connectivity index (χ4v) is 0.465. The topological polar surface area (TPSA) is 12.4 Å². The normalized spacial score (nSPS) is 35.8. The van der Waals surface area contributed by atoms with Crippen LogP contribution in [0.2, 0.25) is 0 Å². The highest BCUT2D eigenvalue weighted by molar-refractivity contribution is 7.78. The van der Waals surface area contributed by atoms with Crippen LogP contribution in [0.1, 0.15) is 0 Å². The van der Waals surface area contributed by atoms with Crippen LogP contribution in [0.5, 0.6) is 0 Å². The van der Waals surface area contributed by atoms with E-state index in [9.17, 15) is 0 Å². The van der Waals surface area contributed by atoms with Crippen molar-refractivity contribution < 1.29 is 0 Å². The number of rotatable bonds is 0. The van der Waals surface area contributed by atoms with Crippen molar-refractivity contribution in [2.24, 2.45) is 4.76 Å². The minimum absolute atomic E-state index is 0.130. The lowest BCUT2D eigenvalue weighted by Crippen LogP contribution is -1.23. The highest BCUT2D eigenvalue weighted by atomic mass is 31.1. The van der Waals surface area contributed by atoms with Gasteiger partial charge in [-0.2, -0.15) is 0 Å². The van der Waals surface area contributed by atoms with Crippen molar-refractivity contribution in [3.8, 4) is 0 Å². The molecule has 0 aromatic rings. The predicted molar refractivity (Wildman–Crippen MR) is 21.3 cm³/mol. The average molecular weight is 73.0 g/mol. The second kappa shape index (κ2) is 0.526. The average Bonchev–Trinajstić information content (AvgIpc) is 1.75. The molecule has 0 saturated heterocycles. The fourth-order valence-electron chi connectivity index (χ4n) is 0.0516. The van der Waals surface area contributed by atoms with E-state index in [1.54, 1.807) is 0 Å². The lowest BCUT2D eigenvalue weighted by Gasteiger charge is -1.55. The quantitative estimate of drug-likeness (QED) is 0.380. The Labute approximate surface area is 26.5 Å². The lowest BCUT2D eigenvalue weighted by atomic mass is 11.8. The van der Waals surface area contributed by atoms with E-state index >= 15 is 0 Å². The van der Waals surface area contributed by atoms with E-state index in [1.807, 2.05) is 5.96 Å². The van der Waals surface area contributed by atoms with Crippen LogP contribution in [0, 0.1) is 0 Å². The molecule has 1 atom stereocenters. The molecule has 1 aliphatic rings. The van der Waals surface area contributed by atoms with Crippen LogP contribution in [0.15, 0.2) is 4.76 Å². The van der Waals surface area contributed by atoms with Gasteiger partial charge >= 0.3 is 0 Å². The van der Waals surface area contributed by atoms with Crippen LogP contribution in [0.25, 0.3) is 0 Å². The number of hydrogen-bond acceptors (Lipinski definition) is 1. The van der Waals surface area contributed by atoms with Crippen molar-refractivity contribution >= 4 is 14.0 Å². The largest absolute Gasteiger partial charge is 0.262 e. The van der Waals surface area contributed by atoms with Gasteiger partial charge in [-0.25, -0.2) is 0 Å². The summed E-state index contributed by atoms with van der Waals surface area (Å²) in [6.45, 7) is 2.12. The zero-order valence-electron chi connectivity index (χ0n) is 2.47. The van der Waals surface area contributed by atoms with Gasteiger partial charge in [-0.1, -0.05) is 0 Å². The fraction of sp³-hybridized carbons (Fsp3) is 0.500. The standard InChI is InChI=1S/C2H4NP/c1-4-2-3-4/h2H,1H3. The van der Waals surface area contributed by atoms with E-state index in [0.717, 1.165) is 0 Å². The van der Waals surface area contributed by atoms with Crippen LogP contribution in [-0.2, 0) is 0 Å². The van der Waals surface area contributed by atoms with Crippen molar-refractivity contribution in [3.05, 3.63) is 0 Å². The van der Waals surface area contributed by atoms with Crippen molar-refractivity contribution in [3.63, 3.8) is 0 Å². The highest BCUT2D eigenvalue weighted by Crippen LogP contribution is 2.40. The summed E-state index contributed by atoms with van der Waals surface area (Å²) >= 11 is 0. The van der Waals surface area contributed by atoms with Crippen molar-refractivity contribution in [1.29, 1.82) is 0 Å². The molecule has 0 fully saturated rings. The summed E-state index contributed by atoms with van der Waals surface area (Å²) in [5.74, 6) is 1.98. The summed E-state index contributed by atoms with van der Waals surface area (Å²) in [5, 5.41) is 0. The SMILES string of the molecule is CP1C=N1. The molecule has 0 aliphatic carbocycles. The first kappa shape index (κ1) is 2.34. The first-order valence-corrected chi connectivity index (χ1v) is 2.97. The molecule has 4 heavy (non-hydrogen) atoms. The van der Waals surface area contributed by atoms with Gasteiger partial charge in [-0.15, -0.1) is 0 Å². The number of nitrogens with zero attached hydrogens (tertiary/aromatic N) is 1. The Bertz CT molecular complexity index is 44.0. The van der Waals surface area contributed by atoms with E-state index in [-0.39, 0.29) is 8.07 Å². The minimum atomic E-state index is 0.130. The first-order chi connectivity index (χ1) is 1.89. The Balaban J connectivity index is 2.32. The van der Waals surface area contributed by atoms with Gasteiger partial charge in [0.25, 0.3) is 0 Å². The van der Waals surface area contributed by atoms with Gasteiger partial charge in [0.15, 0.2) is 0 Å². The second-order valence-corrected chi connectivity index (χ2v) is 2.41. The van der Waals surface area contributed by atoms with Crippen molar-refractivity contribution in [1.82, 2.24) is 0 Å². The molecule has 0 aromatic heterocycles. The summed E-state index contributed by atoms with van der Waals surface area (Å²) in [4.78, 5) is 0. The molecule has 0 radical (unpaired) electrons. The molecule has 0 N–H and O–H groups in total. The molecule has 1 unspecified atom stereocenters. The van der Waals surface area contributed by atoms with E-state index < -0.39 is 0 Å². The molecule has 1 aliphatic heterocycles. The second-order valence-electron chi connectivity index (χ2n) is 0.805. The van der Waals surface area contributed by atoms with Crippen LogP contribution in [-0.4, -0.2) is 12.6 Å². The van der Waals surface area contributed by atoms with Crippen LogP contribution < -0.4 is 0 Å². The monoisotopic (exact) mass is 73.0 g/mol. The van der Waals surface area contributed by atoms with Crippen molar-refractivity contribution in [2.75, 3.05) is 6.66 Å². The van der Waals surface area contributed by atoms with Gasteiger partial charge in [0, 0.05) is 5.96 Å². The first-order valence-electron chi connectivity index (χ1n) is 1.16. The maximum Gasteiger partial charge on any atom is 0.0548 e. The molecular weight excluding hydrogens is 69.0 g/mol. The smallest absolute Gasteiger partial charge is 0.0548 e. The van der Waals surface area contributed by atoms with Gasteiger partial charge < -0.3 is 0 Å². The molecule has 0 spiro atoms. The maximum atomic E-state index is 3.84. The molecule has 1 heterocycles. The summed E-state index contributed by atoms with van der Waals surface area (Å²) in [6.07, 6.45) is 0. The van der Waals surface area contributed by atoms with E-state index in [1.165, 1.54) is 0 Å². The van der Waals surface area contributed by atoms with Crippen LogP contribution >= 0.6 is 8.07 Å². The molecule has 1 nitrogen and oxygen atoms in total. The Morgan fingerprint density at radius 2 is 2.25 bits per heavy atom. The summed E-state index contributed by atoms with van der Waals surface area (Å²) in [5.41, 5.74) is 0. The van der Waals surface area contributed by atoms with E-state index in [0.29, 0.717) is 0 Å². The summed E-state index contributed by atoms with van der Waals surface area (Å²) in [6, 6.07) is 0. The third kappa shape index (κ3) is 0.264. The molecular formula is C2H4NP. The predicted octanol–water partition coefficient (Wildman–Crippen LogP) is 1.05. The molecule has 22 valence electrons. The lowest BCUT2D eigenvalue weighted by molar-refractivity contribution is 2.07. The third-order valence-electron chi connectivity index (χ3n) is 0.346. The summed E-state index contributed by atoms with van der Waals surface area (Å²) in [7, 11) is 0.130. The Hall–Kier alpha value is 0.100. The van der Waals surface area contributed by atoms with Gasteiger partial charge in [-0.05, 0) is 6.66 Å². The van der Waals surface area contributed by atoms with Gasteiger partial charge in [-0.3, -0.25) is 4.76 Å². The van der Waals surface area contributed by atoms with E-state index in [2.05, 4.69) is 11.4 Å². The molecule has 0 bridgehead atoms. The van der Waals surface area contributed by atoms with Crippen LogP contribution in [0.3, 0.4) is 0 Å². The molecule has 2 heteroatoms. The van der Waals surface area contributed by atoms with Gasteiger partial charge in [0.1, 0.15) is 0 Å². The Morgan fingerprint density at radius 1 is 2.00 bits per heavy atom.